The minimum absolute atomic E-state index is 0.0650. The van der Waals surface area contributed by atoms with Crippen LogP contribution < -0.4 is 15.1 Å². The van der Waals surface area contributed by atoms with Gasteiger partial charge >= 0.3 is 0 Å². The van der Waals surface area contributed by atoms with Crippen LogP contribution in [-0.2, 0) is 11.2 Å². The number of amides is 1. The smallest absolute Gasteiger partial charge is 0.228 e. The zero-order valence-corrected chi connectivity index (χ0v) is 22.9. The number of halogens is 1. The molecule has 6 rings (SSSR count). The van der Waals surface area contributed by atoms with Crippen molar-refractivity contribution in [3.63, 3.8) is 0 Å². The highest BCUT2D eigenvalue weighted by Gasteiger charge is 2.29. The highest BCUT2D eigenvalue weighted by atomic mass is 79.9. The Morgan fingerprint density at radius 3 is 2.66 bits per heavy atom. The van der Waals surface area contributed by atoms with Crippen LogP contribution in [-0.4, -0.2) is 46.6 Å². The highest BCUT2D eigenvalue weighted by molar-refractivity contribution is 9.10. The summed E-state index contributed by atoms with van der Waals surface area (Å²) in [5.41, 5.74) is 4.50. The van der Waals surface area contributed by atoms with Crippen LogP contribution >= 0.6 is 15.9 Å². The molecule has 0 spiro atoms. The Hall–Kier alpha value is -3.49. The second-order valence-corrected chi connectivity index (χ2v) is 10.9. The Kier molecular flexibility index (Phi) is 6.76. The van der Waals surface area contributed by atoms with E-state index in [9.17, 15) is 9.59 Å². The number of benzene rings is 2. The van der Waals surface area contributed by atoms with Crippen LogP contribution in [0.15, 0.2) is 70.3 Å². The van der Waals surface area contributed by atoms with Crippen molar-refractivity contribution in [3.8, 4) is 11.4 Å². The lowest BCUT2D eigenvalue weighted by Gasteiger charge is -2.33. The predicted octanol–water partition coefficient (Wildman–Crippen LogP) is 5.60. The number of fused-ring (bicyclic) bond motifs is 2. The van der Waals surface area contributed by atoms with Crippen LogP contribution in [0.25, 0.3) is 16.6 Å². The van der Waals surface area contributed by atoms with Crippen LogP contribution in [0.3, 0.4) is 0 Å². The zero-order chi connectivity index (χ0) is 26.2. The molecule has 1 amide bonds. The summed E-state index contributed by atoms with van der Waals surface area (Å²) in [6.07, 6.45) is 9.61. The number of ether oxygens (including phenoxy) is 1. The molecule has 8 heteroatoms. The summed E-state index contributed by atoms with van der Waals surface area (Å²) in [5, 5.41) is 0.536. The molecule has 194 valence electrons. The number of anilines is 2. The molecule has 0 atom stereocenters. The number of nitrogens with zero attached hydrogens (tertiary/aromatic N) is 4. The van der Waals surface area contributed by atoms with Crippen molar-refractivity contribution < 1.29 is 9.53 Å². The fourth-order valence-corrected chi connectivity index (χ4v) is 5.94. The number of rotatable bonds is 6. The van der Waals surface area contributed by atoms with E-state index in [0.29, 0.717) is 40.9 Å². The minimum Gasteiger partial charge on any atom is -0.492 e. The maximum absolute atomic E-state index is 13.9. The van der Waals surface area contributed by atoms with Gasteiger partial charge in [-0.2, -0.15) is 0 Å². The quantitative estimate of drug-likeness (QED) is 0.301. The van der Waals surface area contributed by atoms with E-state index in [0.717, 1.165) is 41.0 Å². The van der Waals surface area contributed by atoms with Crippen molar-refractivity contribution in [2.75, 3.05) is 31.1 Å². The number of carbonyl (C=O) groups is 1. The van der Waals surface area contributed by atoms with Gasteiger partial charge in [-0.3, -0.25) is 24.4 Å². The predicted molar refractivity (Wildman–Crippen MR) is 153 cm³/mol. The van der Waals surface area contributed by atoms with E-state index < -0.39 is 0 Å². The number of carbonyl (C=O) groups excluding carboxylic acids is 1. The fourth-order valence-electron chi connectivity index (χ4n) is 5.59. The molecule has 2 aliphatic heterocycles. The molecule has 2 aliphatic rings. The maximum Gasteiger partial charge on any atom is 0.228 e. The molecule has 4 heterocycles. The van der Waals surface area contributed by atoms with E-state index in [1.54, 1.807) is 24.2 Å². The molecule has 7 nitrogen and oxygen atoms in total. The SMILES string of the molecule is CC(=O)N1c2ccc(Br)cc2-n2cc(Cc3cccnc3)c(=O)c3cc(OCCN4CCCCC4)cc1c32. The lowest BCUT2D eigenvalue weighted by molar-refractivity contribution is -0.115. The van der Waals surface area contributed by atoms with E-state index in [2.05, 4.69) is 25.8 Å². The van der Waals surface area contributed by atoms with E-state index >= 15 is 0 Å². The molecule has 0 bridgehead atoms. The third-order valence-corrected chi connectivity index (χ3v) is 7.85. The van der Waals surface area contributed by atoms with Crippen molar-refractivity contribution in [2.24, 2.45) is 0 Å². The largest absolute Gasteiger partial charge is 0.492 e. The Bertz CT molecular complexity index is 1580. The van der Waals surface area contributed by atoms with Gasteiger partial charge in [0.2, 0.25) is 5.91 Å². The van der Waals surface area contributed by atoms with Crippen molar-refractivity contribution in [1.29, 1.82) is 0 Å². The molecular formula is C30H29BrN4O3. The van der Waals surface area contributed by atoms with Crippen LogP contribution in [0, 0.1) is 0 Å². The first-order chi connectivity index (χ1) is 18.5. The first-order valence-corrected chi connectivity index (χ1v) is 13.9. The monoisotopic (exact) mass is 572 g/mol. The van der Waals surface area contributed by atoms with Gasteiger partial charge in [0.15, 0.2) is 5.43 Å². The van der Waals surface area contributed by atoms with Crippen molar-refractivity contribution in [3.05, 3.63) is 86.9 Å². The summed E-state index contributed by atoms with van der Waals surface area (Å²) < 4.78 is 9.15. The molecule has 1 fully saturated rings. The minimum atomic E-state index is -0.126. The average Bonchev–Trinajstić information content (AvgIpc) is 2.92. The van der Waals surface area contributed by atoms with Gasteiger partial charge in [-0.05, 0) is 61.8 Å². The summed E-state index contributed by atoms with van der Waals surface area (Å²) in [5.74, 6) is 0.469. The van der Waals surface area contributed by atoms with Gasteiger partial charge in [-0.1, -0.05) is 28.4 Å². The van der Waals surface area contributed by atoms with Crippen LogP contribution in [0.5, 0.6) is 5.75 Å². The molecule has 0 aliphatic carbocycles. The topological polar surface area (TPSA) is 67.7 Å². The van der Waals surface area contributed by atoms with Gasteiger partial charge < -0.3 is 9.30 Å². The number of hydrogen-bond acceptors (Lipinski definition) is 5. The van der Waals surface area contributed by atoms with Gasteiger partial charge in [0.25, 0.3) is 0 Å². The molecule has 38 heavy (non-hydrogen) atoms. The molecule has 2 aromatic carbocycles. The first kappa shape index (κ1) is 24.8. The number of piperidine rings is 1. The summed E-state index contributed by atoms with van der Waals surface area (Å²) in [6.45, 7) is 5.11. The zero-order valence-electron chi connectivity index (χ0n) is 21.3. The molecule has 2 aromatic heterocycles. The van der Waals surface area contributed by atoms with Crippen molar-refractivity contribution in [2.45, 2.75) is 32.6 Å². The highest BCUT2D eigenvalue weighted by Crippen LogP contribution is 2.44. The van der Waals surface area contributed by atoms with Gasteiger partial charge in [-0.15, -0.1) is 0 Å². The molecule has 0 saturated carbocycles. The van der Waals surface area contributed by atoms with Crippen molar-refractivity contribution >= 4 is 44.1 Å². The van der Waals surface area contributed by atoms with Crippen LogP contribution in [0.2, 0.25) is 0 Å². The maximum atomic E-state index is 13.9. The number of pyridine rings is 2. The second-order valence-electron chi connectivity index (χ2n) is 9.97. The molecule has 0 radical (unpaired) electrons. The van der Waals surface area contributed by atoms with E-state index in [1.807, 2.05) is 53.2 Å². The number of likely N-dealkylation sites (tertiary alicyclic amines) is 1. The van der Waals surface area contributed by atoms with Crippen LogP contribution in [0.4, 0.5) is 11.4 Å². The molecule has 0 unspecified atom stereocenters. The Morgan fingerprint density at radius 2 is 1.89 bits per heavy atom. The van der Waals surface area contributed by atoms with E-state index in [1.165, 1.54) is 19.3 Å². The number of hydrogen-bond donors (Lipinski definition) is 0. The van der Waals surface area contributed by atoms with Gasteiger partial charge in [0, 0.05) is 54.6 Å². The second kappa shape index (κ2) is 10.3. The Morgan fingerprint density at radius 1 is 1.05 bits per heavy atom. The van der Waals surface area contributed by atoms with Gasteiger partial charge in [-0.25, -0.2) is 0 Å². The fraction of sp³-hybridized carbons (Fsp3) is 0.300. The molecular weight excluding hydrogens is 544 g/mol. The lowest BCUT2D eigenvalue weighted by atomic mass is 10.0. The Labute approximate surface area is 229 Å². The van der Waals surface area contributed by atoms with E-state index in [4.69, 9.17) is 4.74 Å². The van der Waals surface area contributed by atoms with Crippen molar-refractivity contribution in [1.82, 2.24) is 14.5 Å². The third-order valence-electron chi connectivity index (χ3n) is 7.36. The van der Waals surface area contributed by atoms with E-state index in [-0.39, 0.29) is 11.3 Å². The number of aromatic nitrogens is 2. The average molecular weight is 573 g/mol. The summed E-state index contributed by atoms with van der Waals surface area (Å²) in [4.78, 5) is 35.2. The summed E-state index contributed by atoms with van der Waals surface area (Å²) >= 11 is 3.58. The van der Waals surface area contributed by atoms with Gasteiger partial charge in [0.05, 0.1) is 28.0 Å². The molecule has 4 aromatic rings. The molecule has 1 saturated heterocycles. The lowest BCUT2D eigenvalue weighted by Crippen LogP contribution is -2.33. The standard InChI is InChI=1S/C30H29BrN4O3/c1-20(36)35-26-8-7-23(31)15-27(26)34-19-22(14-21-6-5-9-32-18-21)30(37)25-16-24(17-28(35)29(25)34)38-13-12-33-10-3-2-4-11-33/h5-9,15-19H,2-4,10-14H2,1H3. The normalized spacial score (nSPS) is 14.9. The summed E-state index contributed by atoms with van der Waals surface area (Å²) in [6, 6.07) is 13.4. The first-order valence-electron chi connectivity index (χ1n) is 13.1. The Balaban J connectivity index is 1.50. The third kappa shape index (κ3) is 4.63. The van der Waals surface area contributed by atoms with Crippen LogP contribution in [0.1, 0.15) is 37.3 Å². The molecule has 0 N–H and O–H groups in total. The summed E-state index contributed by atoms with van der Waals surface area (Å²) in [7, 11) is 0. The van der Waals surface area contributed by atoms with Gasteiger partial charge in [0.1, 0.15) is 12.4 Å².